The Labute approximate surface area is 183 Å². The van der Waals surface area contributed by atoms with E-state index in [1.54, 1.807) is 11.3 Å². The fraction of sp³-hybridized carbons (Fsp3) is 0.565. The Morgan fingerprint density at radius 2 is 1.80 bits per heavy atom. The maximum absolute atomic E-state index is 12.6. The van der Waals surface area contributed by atoms with E-state index in [1.165, 1.54) is 5.69 Å². The van der Waals surface area contributed by atoms with Crippen LogP contribution in [0.15, 0.2) is 35.7 Å². The molecule has 2 aromatic rings. The second-order valence-corrected chi connectivity index (χ2v) is 9.43. The van der Waals surface area contributed by atoms with Crippen LogP contribution in [0.4, 0.5) is 5.69 Å². The third-order valence-electron chi connectivity index (χ3n) is 6.23. The highest BCUT2D eigenvalue weighted by atomic mass is 32.1. The van der Waals surface area contributed by atoms with Crippen molar-refractivity contribution in [1.29, 1.82) is 0 Å². The number of nitrogens with one attached hydrogen (secondary N) is 1. The highest BCUT2D eigenvalue weighted by Crippen LogP contribution is 2.20. The Morgan fingerprint density at radius 1 is 1.07 bits per heavy atom. The zero-order chi connectivity index (χ0) is 20.8. The Hall–Kier alpha value is -1.96. The van der Waals surface area contributed by atoms with Crippen LogP contribution in [-0.4, -0.2) is 73.0 Å². The molecule has 7 heteroatoms. The number of aryl methyl sites for hydroxylation is 1. The highest BCUT2D eigenvalue weighted by Gasteiger charge is 2.25. The summed E-state index contributed by atoms with van der Waals surface area (Å²) in [6.45, 7) is 10.8. The van der Waals surface area contributed by atoms with E-state index in [1.807, 2.05) is 6.92 Å². The minimum absolute atomic E-state index is 0.161. The minimum Gasteiger partial charge on any atom is -0.369 e. The Morgan fingerprint density at radius 3 is 2.47 bits per heavy atom. The van der Waals surface area contributed by atoms with E-state index in [-0.39, 0.29) is 11.8 Å². The quantitative estimate of drug-likeness (QED) is 0.736. The summed E-state index contributed by atoms with van der Waals surface area (Å²) in [5.41, 5.74) is 2.47. The van der Waals surface area contributed by atoms with E-state index in [4.69, 9.17) is 0 Å². The molecule has 1 N–H and O–H groups in total. The number of hydrogen-bond donors (Lipinski definition) is 1. The number of nitrogens with zero attached hydrogens (tertiary/aromatic N) is 4. The van der Waals surface area contributed by atoms with Crippen LogP contribution in [0, 0.1) is 12.8 Å². The highest BCUT2D eigenvalue weighted by molar-refractivity contribution is 7.09. The van der Waals surface area contributed by atoms with Crippen molar-refractivity contribution in [3.63, 3.8) is 0 Å². The monoisotopic (exact) mass is 427 g/mol. The largest absolute Gasteiger partial charge is 0.369 e. The van der Waals surface area contributed by atoms with Crippen molar-refractivity contribution >= 4 is 22.9 Å². The fourth-order valence-electron chi connectivity index (χ4n) is 4.41. The predicted molar refractivity (Wildman–Crippen MR) is 123 cm³/mol. The normalized spacial score (nSPS) is 19.2. The number of likely N-dealkylation sites (tertiary alicyclic amines) is 1. The molecule has 2 saturated heterocycles. The second kappa shape index (κ2) is 10.4. The summed E-state index contributed by atoms with van der Waals surface area (Å²) < 4.78 is 0. The molecule has 0 saturated carbocycles. The summed E-state index contributed by atoms with van der Waals surface area (Å²) in [7, 11) is 0. The summed E-state index contributed by atoms with van der Waals surface area (Å²) in [5, 5.41) is 6.46. The van der Waals surface area contributed by atoms with Crippen molar-refractivity contribution in [1.82, 2.24) is 20.1 Å². The van der Waals surface area contributed by atoms with Crippen molar-refractivity contribution in [2.45, 2.75) is 26.3 Å². The fourth-order valence-corrected chi connectivity index (χ4v) is 5.02. The summed E-state index contributed by atoms with van der Waals surface area (Å²) in [6, 6.07) is 10.6. The molecule has 2 fully saturated rings. The number of piperazine rings is 1. The van der Waals surface area contributed by atoms with E-state index in [0.717, 1.165) is 82.4 Å². The predicted octanol–water partition coefficient (Wildman–Crippen LogP) is 2.60. The summed E-state index contributed by atoms with van der Waals surface area (Å²) in [4.78, 5) is 24.5. The average Bonchev–Trinajstić information content (AvgIpc) is 3.20. The molecule has 0 bridgehead atoms. The molecule has 30 heavy (non-hydrogen) atoms. The van der Waals surface area contributed by atoms with Gasteiger partial charge in [-0.2, -0.15) is 0 Å². The van der Waals surface area contributed by atoms with E-state index in [2.05, 4.69) is 60.7 Å². The number of aromatic nitrogens is 1. The second-order valence-electron chi connectivity index (χ2n) is 8.36. The van der Waals surface area contributed by atoms with Crippen molar-refractivity contribution in [3.8, 4) is 0 Å². The zero-order valence-electron chi connectivity index (χ0n) is 17.9. The van der Waals surface area contributed by atoms with Gasteiger partial charge in [0.25, 0.3) is 0 Å². The topological polar surface area (TPSA) is 51.7 Å². The number of anilines is 1. The zero-order valence-corrected chi connectivity index (χ0v) is 18.7. The van der Waals surface area contributed by atoms with E-state index < -0.39 is 0 Å². The third-order valence-corrected chi connectivity index (χ3v) is 7.05. The van der Waals surface area contributed by atoms with E-state index >= 15 is 0 Å². The Bertz CT molecular complexity index is 795. The number of carbonyl (C=O) groups is 1. The average molecular weight is 428 g/mol. The molecular weight excluding hydrogens is 394 g/mol. The molecule has 2 aliphatic rings. The van der Waals surface area contributed by atoms with Crippen molar-refractivity contribution in [3.05, 3.63) is 46.4 Å². The molecule has 1 amide bonds. The molecule has 0 atom stereocenters. The summed E-state index contributed by atoms with van der Waals surface area (Å²) in [6.07, 6.45) is 1.90. The molecule has 1 aromatic carbocycles. The van der Waals surface area contributed by atoms with Gasteiger partial charge in [0, 0.05) is 62.8 Å². The molecule has 0 unspecified atom stereocenters. The van der Waals surface area contributed by atoms with E-state index in [0.29, 0.717) is 0 Å². The number of amides is 1. The molecule has 0 spiro atoms. The lowest BCUT2D eigenvalue weighted by Crippen LogP contribution is -2.49. The maximum atomic E-state index is 12.6. The Kier molecular flexibility index (Phi) is 7.36. The molecule has 1 aromatic heterocycles. The number of thiazole rings is 1. The van der Waals surface area contributed by atoms with Gasteiger partial charge in [0.1, 0.15) is 0 Å². The van der Waals surface area contributed by atoms with Crippen LogP contribution < -0.4 is 10.2 Å². The molecule has 0 radical (unpaired) electrons. The van der Waals surface area contributed by atoms with Crippen LogP contribution in [0.25, 0.3) is 0 Å². The lowest BCUT2D eigenvalue weighted by Gasteiger charge is -2.36. The van der Waals surface area contributed by atoms with Gasteiger partial charge in [-0.3, -0.25) is 14.6 Å². The summed E-state index contributed by atoms with van der Waals surface area (Å²) in [5.74, 6) is 0.399. The van der Waals surface area contributed by atoms with Crippen LogP contribution >= 0.6 is 11.3 Å². The molecule has 6 nitrogen and oxygen atoms in total. The number of para-hydroxylation sites is 1. The number of piperidine rings is 1. The number of hydrogen-bond acceptors (Lipinski definition) is 6. The molecule has 3 heterocycles. The first-order valence-corrected chi connectivity index (χ1v) is 12.0. The molecule has 0 aliphatic carbocycles. The van der Waals surface area contributed by atoms with Gasteiger partial charge in [0.2, 0.25) is 5.91 Å². The van der Waals surface area contributed by atoms with Crippen LogP contribution in [0.5, 0.6) is 0 Å². The van der Waals surface area contributed by atoms with Gasteiger partial charge >= 0.3 is 0 Å². The smallest absolute Gasteiger partial charge is 0.223 e. The standard InChI is InChI=1S/C23H33N5OS/c1-19-25-21(18-30-19)17-27-10-7-20(8-11-27)23(29)24-9-12-26-13-15-28(16-14-26)22-5-3-2-4-6-22/h2-6,18,20H,7-17H2,1H3,(H,24,29). The first kappa shape index (κ1) is 21.3. The van der Waals surface area contributed by atoms with Gasteiger partial charge in [0.15, 0.2) is 0 Å². The number of carbonyl (C=O) groups excluding carboxylic acids is 1. The lowest BCUT2D eigenvalue weighted by atomic mass is 9.96. The van der Waals surface area contributed by atoms with Gasteiger partial charge in [-0.25, -0.2) is 4.98 Å². The first-order valence-electron chi connectivity index (χ1n) is 11.1. The van der Waals surface area contributed by atoms with Crippen LogP contribution in [0.1, 0.15) is 23.5 Å². The molecule has 162 valence electrons. The molecule has 4 rings (SSSR count). The van der Waals surface area contributed by atoms with E-state index in [9.17, 15) is 4.79 Å². The van der Waals surface area contributed by atoms with Gasteiger partial charge in [0.05, 0.1) is 10.7 Å². The number of rotatable bonds is 7. The SMILES string of the molecule is Cc1nc(CN2CCC(C(=O)NCCN3CCN(c4ccccc4)CC3)CC2)cs1. The third kappa shape index (κ3) is 5.80. The first-order chi connectivity index (χ1) is 14.7. The minimum atomic E-state index is 0.161. The van der Waals surface area contributed by atoms with Crippen molar-refractivity contribution in [2.24, 2.45) is 5.92 Å². The lowest BCUT2D eigenvalue weighted by molar-refractivity contribution is -0.126. The van der Waals surface area contributed by atoms with Gasteiger partial charge in [-0.1, -0.05) is 18.2 Å². The summed E-state index contributed by atoms with van der Waals surface area (Å²) >= 11 is 1.71. The van der Waals surface area contributed by atoms with Crippen molar-refractivity contribution < 1.29 is 4.79 Å². The molecule has 2 aliphatic heterocycles. The van der Waals surface area contributed by atoms with Gasteiger partial charge in [-0.05, 0) is 45.0 Å². The van der Waals surface area contributed by atoms with Gasteiger partial charge in [-0.15, -0.1) is 11.3 Å². The Balaban J connectivity index is 1.11. The van der Waals surface area contributed by atoms with Crippen LogP contribution in [0.2, 0.25) is 0 Å². The van der Waals surface area contributed by atoms with Crippen LogP contribution in [0.3, 0.4) is 0 Å². The van der Waals surface area contributed by atoms with Gasteiger partial charge < -0.3 is 10.2 Å². The van der Waals surface area contributed by atoms with Crippen LogP contribution in [-0.2, 0) is 11.3 Å². The molecular formula is C23H33N5OS. The number of benzene rings is 1. The van der Waals surface area contributed by atoms with Crippen molar-refractivity contribution in [2.75, 3.05) is 57.3 Å². The maximum Gasteiger partial charge on any atom is 0.223 e.